The van der Waals surface area contributed by atoms with Crippen molar-refractivity contribution in [3.05, 3.63) is 58.4 Å². The van der Waals surface area contributed by atoms with E-state index in [1.807, 2.05) is 32.0 Å². The number of carbonyl (C=O) groups excluding carboxylic acids is 1. The molecule has 0 unspecified atom stereocenters. The number of benzene rings is 2. The Morgan fingerprint density at radius 3 is 2.39 bits per heavy atom. The summed E-state index contributed by atoms with van der Waals surface area (Å²) in [5, 5.41) is 2.38. The maximum Gasteiger partial charge on any atom is 0.240 e. The molecule has 0 saturated carbocycles. The molecule has 152 valence electrons. The van der Waals surface area contributed by atoms with Crippen molar-refractivity contribution >= 4 is 33.2 Å². The number of nitrogens with one attached hydrogen (secondary N) is 1. The van der Waals surface area contributed by atoms with Crippen molar-refractivity contribution in [2.45, 2.75) is 13.8 Å². The molecule has 0 aliphatic heterocycles. The summed E-state index contributed by atoms with van der Waals surface area (Å²) in [6.07, 6.45) is 0.959. The third kappa shape index (κ3) is 6.38. The van der Waals surface area contributed by atoms with Gasteiger partial charge in [0.2, 0.25) is 15.9 Å². The van der Waals surface area contributed by atoms with Gasteiger partial charge in [-0.3, -0.25) is 9.10 Å². The summed E-state index contributed by atoms with van der Waals surface area (Å²) in [5.41, 5.74) is 2.25. The molecule has 1 N–H and O–H groups in total. The number of carbonyl (C=O) groups is 1. The molecule has 0 bridgehead atoms. The van der Waals surface area contributed by atoms with Gasteiger partial charge in [0, 0.05) is 0 Å². The van der Waals surface area contributed by atoms with E-state index in [1.54, 1.807) is 0 Å². The number of hydrogen-bond acceptors (Lipinski definition) is 4. The highest BCUT2D eigenvalue weighted by Gasteiger charge is 2.21. The molecule has 0 aliphatic rings. The Kier molecular flexibility index (Phi) is 7.26. The zero-order valence-corrected chi connectivity index (χ0v) is 17.4. The fraction of sp³-hybridized carbons (Fsp3) is 0.316. The lowest BCUT2D eigenvalue weighted by molar-refractivity contribution is -0.119. The molecule has 0 spiro atoms. The van der Waals surface area contributed by atoms with E-state index in [-0.39, 0.29) is 23.9 Å². The van der Waals surface area contributed by atoms with Gasteiger partial charge in [-0.15, -0.1) is 0 Å². The first-order valence-electron chi connectivity index (χ1n) is 8.47. The average molecular weight is 429 g/mol. The first-order chi connectivity index (χ1) is 13.1. The van der Waals surface area contributed by atoms with Crippen molar-refractivity contribution < 1.29 is 22.3 Å². The zero-order chi connectivity index (χ0) is 20.9. The van der Waals surface area contributed by atoms with Crippen LogP contribution in [0.4, 0.5) is 10.1 Å². The first-order valence-corrected chi connectivity index (χ1v) is 10.7. The molecular formula is C19H22ClFN2O4S. The maximum atomic E-state index is 13.3. The Morgan fingerprint density at radius 2 is 1.82 bits per heavy atom. The van der Waals surface area contributed by atoms with Crippen molar-refractivity contribution in [3.8, 4) is 5.75 Å². The Labute approximate surface area is 169 Å². The monoisotopic (exact) mass is 428 g/mol. The Hall–Kier alpha value is -2.32. The summed E-state index contributed by atoms with van der Waals surface area (Å²) >= 11 is 5.71. The van der Waals surface area contributed by atoms with E-state index in [4.69, 9.17) is 16.3 Å². The lowest BCUT2D eigenvalue weighted by atomic mass is 10.1. The molecule has 0 radical (unpaired) electrons. The van der Waals surface area contributed by atoms with E-state index in [1.165, 1.54) is 6.07 Å². The van der Waals surface area contributed by atoms with Gasteiger partial charge in [0.15, 0.2) is 0 Å². The van der Waals surface area contributed by atoms with E-state index < -0.39 is 28.3 Å². The van der Waals surface area contributed by atoms with Crippen LogP contribution in [-0.4, -0.2) is 40.3 Å². The molecule has 0 atom stereocenters. The number of hydrogen-bond donors (Lipinski definition) is 1. The van der Waals surface area contributed by atoms with E-state index in [2.05, 4.69) is 5.32 Å². The summed E-state index contributed by atoms with van der Waals surface area (Å²) in [4.78, 5) is 12.2. The number of rotatable bonds is 8. The molecule has 9 heteroatoms. The van der Waals surface area contributed by atoms with Crippen molar-refractivity contribution in [1.82, 2.24) is 5.32 Å². The van der Waals surface area contributed by atoms with Crippen LogP contribution >= 0.6 is 11.6 Å². The quantitative estimate of drug-likeness (QED) is 0.655. The molecule has 0 saturated heterocycles. The van der Waals surface area contributed by atoms with Crippen LogP contribution in [0.15, 0.2) is 36.4 Å². The molecule has 0 aliphatic carbocycles. The normalized spacial score (nSPS) is 11.2. The number of sulfonamides is 1. The van der Waals surface area contributed by atoms with Gasteiger partial charge >= 0.3 is 0 Å². The molecule has 0 heterocycles. The van der Waals surface area contributed by atoms with E-state index in [9.17, 15) is 17.6 Å². The first kappa shape index (κ1) is 22.0. The molecule has 28 heavy (non-hydrogen) atoms. The van der Waals surface area contributed by atoms with Gasteiger partial charge in [0.05, 0.1) is 23.5 Å². The predicted molar refractivity (Wildman–Crippen MR) is 108 cm³/mol. The highest BCUT2D eigenvalue weighted by molar-refractivity contribution is 7.92. The van der Waals surface area contributed by atoms with Crippen LogP contribution in [0, 0.1) is 19.7 Å². The van der Waals surface area contributed by atoms with Crippen LogP contribution in [-0.2, 0) is 14.8 Å². The molecule has 6 nitrogen and oxygen atoms in total. The van der Waals surface area contributed by atoms with Gasteiger partial charge in [-0.25, -0.2) is 12.8 Å². The molecule has 1 amide bonds. The summed E-state index contributed by atoms with van der Waals surface area (Å²) in [6.45, 7) is 3.90. The van der Waals surface area contributed by atoms with Crippen molar-refractivity contribution in [2.75, 3.05) is 30.3 Å². The number of halogens is 2. The molecular weight excluding hydrogens is 407 g/mol. The van der Waals surface area contributed by atoms with Crippen LogP contribution < -0.4 is 14.4 Å². The smallest absolute Gasteiger partial charge is 0.240 e. The topological polar surface area (TPSA) is 75.7 Å². The van der Waals surface area contributed by atoms with Gasteiger partial charge in [-0.1, -0.05) is 17.7 Å². The van der Waals surface area contributed by atoms with Crippen LogP contribution in [0.25, 0.3) is 0 Å². The Bertz CT molecular complexity index is 946. The zero-order valence-electron chi connectivity index (χ0n) is 15.8. The number of ether oxygens (including phenoxy) is 1. The molecule has 2 aromatic rings. The number of amides is 1. The third-order valence-electron chi connectivity index (χ3n) is 3.77. The van der Waals surface area contributed by atoms with E-state index in [0.29, 0.717) is 5.75 Å². The van der Waals surface area contributed by atoms with Gasteiger partial charge < -0.3 is 10.1 Å². The molecule has 0 fully saturated rings. The fourth-order valence-corrected chi connectivity index (χ4v) is 3.63. The Balaban J connectivity index is 1.94. The van der Waals surface area contributed by atoms with Crippen LogP contribution in [0.5, 0.6) is 5.75 Å². The lowest BCUT2D eigenvalue weighted by Crippen LogP contribution is -2.41. The minimum absolute atomic E-state index is 0.107. The number of aryl methyl sites for hydroxylation is 2. The van der Waals surface area contributed by atoms with Crippen molar-refractivity contribution in [3.63, 3.8) is 0 Å². The van der Waals surface area contributed by atoms with Crippen LogP contribution in [0.2, 0.25) is 5.02 Å². The van der Waals surface area contributed by atoms with Crippen molar-refractivity contribution in [2.24, 2.45) is 0 Å². The lowest BCUT2D eigenvalue weighted by Gasteiger charge is -2.22. The summed E-state index contributed by atoms with van der Waals surface area (Å²) in [7, 11) is -3.77. The fourth-order valence-electron chi connectivity index (χ4n) is 2.60. The second-order valence-electron chi connectivity index (χ2n) is 6.39. The SMILES string of the molecule is Cc1cc(C)cc(OCCNC(=O)CN(c2ccc(F)c(Cl)c2)S(C)(=O)=O)c1. The number of nitrogens with zero attached hydrogens (tertiary/aromatic N) is 1. The Morgan fingerprint density at radius 1 is 1.18 bits per heavy atom. The summed E-state index contributed by atoms with van der Waals surface area (Å²) in [5.74, 6) is -0.493. The van der Waals surface area contributed by atoms with Crippen LogP contribution in [0.1, 0.15) is 11.1 Å². The summed E-state index contributed by atoms with van der Waals surface area (Å²) in [6, 6.07) is 9.26. The third-order valence-corrected chi connectivity index (χ3v) is 5.20. The predicted octanol–water partition coefficient (Wildman–Crippen LogP) is 3.06. The van der Waals surface area contributed by atoms with Gasteiger partial charge in [-0.05, 0) is 55.3 Å². The average Bonchev–Trinajstić information content (AvgIpc) is 2.57. The highest BCUT2D eigenvalue weighted by Crippen LogP contribution is 2.24. The maximum absolute atomic E-state index is 13.3. The molecule has 0 aromatic heterocycles. The van der Waals surface area contributed by atoms with E-state index >= 15 is 0 Å². The minimum atomic E-state index is -3.77. The molecule has 2 rings (SSSR count). The van der Waals surface area contributed by atoms with Gasteiger partial charge in [0.25, 0.3) is 0 Å². The van der Waals surface area contributed by atoms with Gasteiger partial charge in [0.1, 0.15) is 24.7 Å². The largest absolute Gasteiger partial charge is 0.492 e. The summed E-state index contributed by atoms with van der Waals surface area (Å²) < 4.78 is 43.8. The van der Waals surface area contributed by atoms with E-state index in [0.717, 1.165) is 33.8 Å². The minimum Gasteiger partial charge on any atom is -0.492 e. The number of anilines is 1. The standard InChI is InChI=1S/C19H22ClFN2O4S/c1-13-8-14(2)10-16(9-13)27-7-6-22-19(24)12-23(28(3,25)26)15-4-5-18(21)17(20)11-15/h4-5,8-11H,6-7,12H2,1-3H3,(H,22,24). The van der Waals surface area contributed by atoms with Gasteiger partial charge in [-0.2, -0.15) is 0 Å². The second kappa shape index (κ2) is 9.25. The molecule has 2 aromatic carbocycles. The highest BCUT2D eigenvalue weighted by atomic mass is 35.5. The van der Waals surface area contributed by atoms with Crippen LogP contribution in [0.3, 0.4) is 0 Å². The second-order valence-corrected chi connectivity index (χ2v) is 8.70. The van der Waals surface area contributed by atoms with Crippen molar-refractivity contribution in [1.29, 1.82) is 0 Å².